The van der Waals surface area contributed by atoms with Crippen molar-refractivity contribution in [2.75, 3.05) is 6.61 Å². The topological polar surface area (TPSA) is 64.3 Å². The van der Waals surface area contributed by atoms with Crippen LogP contribution in [0.5, 0.6) is 5.75 Å². The van der Waals surface area contributed by atoms with Gasteiger partial charge >= 0.3 is 0 Å². The number of aliphatic hydroxyl groups excluding tert-OH is 1. The van der Waals surface area contributed by atoms with Gasteiger partial charge in [-0.25, -0.2) is 4.68 Å². The van der Waals surface area contributed by atoms with Gasteiger partial charge < -0.3 is 9.84 Å². The number of para-hydroxylation sites is 1. The largest absolute Gasteiger partial charge is 0.491 e. The number of fused-ring (bicyclic) bond motifs is 1. The second-order valence-corrected chi connectivity index (χ2v) is 8.40. The SMILES string of the molecule is Cc1ccc(-c2nn(CC(O)COc3ccccc3C(C)C)c(=O)c3ccccc23)cc1. The standard InChI is InChI=1S/C27H28N2O3/c1-18(2)22-8-6-7-11-25(22)32-17-21(30)16-29-27(31)24-10-5-4-9-23(24)26(28-29)20-14-12-19(3)13-15-20/h4-15,18,21,30H,16-17H2,1-3H3. The maximum atomic E-state index is 13.1. The van der Waals surface area contributed by atoms with E-state index in [0.29, 0.717) is 11.3 Å². The van der Waals surface area contributed by atoms with E-state index in [4.69, 9.17) is 4.74 Å². The van der Waals surface area contributed by atoms with Crippen molar-refractivity contribution in [3.05, 3.63) is 94.3 Å². The molecule has 3 aromatic carbocycles. The Morgan fingerprint density at radius 3 is 2.31 bits per heavy atom. The van der Waals surface area contributed by atoms with Crippen molar-refractivity contribution in [2.45, 2.75) is 39.3 Å². The Balaban J connectivity index is 1.62. The smallest absolute Gasteiger partial charge is 0.274 e. The predicted octanol–water partition coefficient (Wildman–Crippen LogP) is 4.94. The zero-order chi connectivity index (χ0) is 22.7. The van der Waals surface area contributed by atoms with Gasteiger partial charge in [0.25, 0.3) is 5.56 Å². The van der Waals surface area contributed by atoms with E-state index in [1.165, 1.54) is 4.68 Å². The first-order chi connectivity index (χ1) is 15.4. The summed E-state index contributed by atoms with van der Waals surface area (Å²) >= 11 is 0. The van der Waals surface area contributed by atoms with E-state index in [1.54, 1.807) is 6.07 Å². The number of benzene rings is 3. The second-order valence-electron chi connectivity index (χ2n) is 8.40. The molecule has 0 saturated heterocycles. The highest BCUT2D eigenvalue weighted by Gasteiger charge is 2.16. The third kappa shape index (κ3) is 4.58. The van der Waals surface area contributed by atoms with Gasteiger partial charge in [0.2, 0.25) is 0 Å². The minimum Gasteiger partial charge on any atom is -0.491 e. The first-order valence-electron chi connectivity index (χ1n) is 10.9. The molecule has 0 amide bonds. The van der Waals surface area contributed by atoms with Gasteiger partial charge in [-0.3, -0.25) is 4.79 Å². The molecule has 5 nitrogen and oxygen atoms in total. The van der Waals surface area contributed by atoms with Crippen LogP contribution in [0, 0.1) is 6.92 Å². The molecule has 164 valence electrons. The summed E-state index contributed by atoms with van der Waals surface area (Å²) in [4.78, 5) is 13.1. The van der Waals surface area contributed by atoms with E-state index < -0.39 is 6.10 Å². The van der Waals surface area contributed by atoms with Crippen LogP contribution in [0.25, 0.3) is 22.0 Å². The van der Waals surface area contributed by atoms with E-state index in [2.05, 4.69) is 18.9 Å². The van der Waals surface area contributed by atoms with Crippen molar-refractivity contribution < 1.29 is 9.84 Å². The molecule has 1 aromatic heterocycles. The van der Waals surface area contributed by atoms with Gasteiger partial charge in [-0.1, -0.05) is 80.1 Å². The summed E-state index contributed by atoms with van der Waals surface area (Å²) in [5.74, 6) is 1.06. The van der Waals surface area contributed by atoms with Crippen LogP contribution in [0.15, 0.2) is 77.6 Å². The first-order valence-corrected chi connectivity index (χ1v) is 10.9. The first kappa shape index (κ1) is 21.8. The minimum absolute atomic E-state index is 0.0480. The summed E-state index contributed by atoms with van der Waals surface area (Å²) in [5, 5.41) is 16.7. The third-order valence-corrected chi connectivity index (χ3v) is 5.55. The van der Waals surface area contributed by atoms with Crippen molar-refractivity contribution in [3.63, 3.8) is 0 Å². The van der Waals surface area contributed by atoms with Gasteiger partial charge in [-0.05, 0) is 30.5 Å². The van der Waals surface area contributed by atoms with Crippen LogP contribution in [0.1, 0.15) is 30.9 Å². The van der Waals surface area contributed by atoms with Crippen LogP contribution in [-0.4, -0.2) is 27.6 Å². The van der Waals surface area contributed by atoms with Crippen molar-refractivity contribution in [1.29, 1.82) is 0 Å². The summed E-state index contributed by atoms with van der Waals surface area (Å²) in [6.07, 6.45) is -0.882. The monoisotopic (exact) mass is 428 g/mol. The van der Waals surface area contributed by atoms with Crippen LogP contribution in [0.3, 0.4) is 0 Å². The maximum absolute atomic E-state index is 13.1. The Hall–Kier alpha value is -3.44. The fourth-order valence-electron chi connectivity index (χ4n) is 3.81. The van der Waals surface area contributed by atoms with Crippen LogP contribution in [0.4, 0.5) is 0 Å². The molecule has 32 heavy (non-hydrogen) atoms. The summed E-state index contributed by atoms with van der Waals surface area (Å²) < 4.78 is 7.24. The van der Waals surface area contributed by atoms with Crippen molar-refractivity contribution in [3.8, 4) is 17.0 Å². The highest BCUT2D eigenvalue weighted by atomic mass is 16.5. The van der Waals surface area contributed by atoms with Crippen LogP contribution in [-0.2, 0) is 6.54 Å². The summed E-state index contributed by atoms with van der Waals surface area (Å²) in [7, 11) is 0. The lowest BCUT2D eigenvalue weighted by atomic mass is 10.0. The Morgan fingerprint density at radius 2 is 1.59 bits per heavy atom. The molecule has 0 fully saturated rings. The lowest BCUT2D eigenvalue weighted by Crippen LogP contribution is -2.32. The van der Waals surface area contributed by atoms with E-state index in [1.807, 2.05) is 73.7 Å². The zero-order valence-electron chi connectivity index (χ0n) is 18.7. The molecule has 1 atom stereocenters. The molecule has 1 N–H and O–H groups in total. The summed E-state index contributed by atoms with van der Waals surface area (Å²) in [6.45, 7) is 6.36. The van der Waals surface area contributed by atoms with Gasteiger partial charge in [0, 0.05) is 10.9 Å². The van der Waals surface area contributed by atoms with Crippen LogP contribution >= 0.6 is 0 Å². The van der Waals surface area contributed by atoms with E-state index in [9.17, 15) is 9.90 Å². The Kier molecular flexibility index (Phi) is 6.37. The predicted molar refractivity (Wildman–Crippen MR) is 128 cm³/mol. The number of nitrogens with zero attached hydrogens (tertiary/aromatic N) is 2. The van der Waals surface area contributed by atoms with Crippen LogP contribution < -0.4 is 10.3 Å². The molecule has 4 aromatic rings. The molecule has 4 rings (SSSR count). The van der Waals surface area contributed by atoms with E-state index in [-0.39, 0.29) is 18.7 Å². The maximum Gasteiger partial charge on any atom is 0.274 e. The Morgan fingerprint density at radius 1 is 0.938 bits per heavy atom. The highest BCUT2D eigenvalue weighted by molar-refractivity contribution is 5.93. The molecule has 1 unspecified atom stereocenters. The Bertz CT molecular complexity index is 1280. The quantitative estimate of drug-likeness (QED) is 0.453. The fourth-order valence-corrected chi connectivity index (χ4v) is 3.81. The van der Waals surface area contributed by atoms with Crippen molar-refractivity contribution in [1.82, 2.24) is 9.78 Å². The molecule has 0 radical (unpaired) electrons. The minimum atomic E-state index is -0.882. The number of ether oxygens (including phenoxy) is 1. The number of aliphatic hydroxyl groups is 1. The molecule has 0 spiro atoms. The molecule has 5 heteroatoms. The summed E-state index contributed by atoms with van der Waals surface area (Å²) in [6, 6.07) is 23.3. The molecule has 0 aliphatic carbocycles. The van der Waals surface area contributed by atoms with Crippen LogP contribution in [0.2, 0.25) is 0 Å². The van der Waals surface area contributed by atoms with Gasteiger partial charge in [0.15, 0.2) is 0 Å². The Labute approximate surface area is 187 Å². The fraction of sp³-hybridized carbons (Fsp3) is 0.259. The number of hydrogen-bond donors (Lipinski definition) is 1. The van der Waals surface area contributed by atoms with Gasteiger partial charge in [-0.15, -0.1) is 0 Å². The highest BCUT2D eigenvalue weighted by Crippen LogP contribution is 2.27. The summed E-state index contributed by atoms with van der Waals surface area (Å²) in [5.41, 5.74) is 3.66. The van der Waals surface area contributed by atoms with Gasteiger partial charge in [0.1, 0.15) is 18.5 Å². The van der Waals surface area contributed by atoms with E-state index in [0.717, 1.165) is 33.5 Å². The van der Waals surface area contributed by atoms with Crippen molar-refractivity contribution in [2.24, 2.45) is 0 Å². The molecule has 0 aliphatic heterocycles. The number of aromatic nitrogens is 2. The average molecular weight is 429 g/mol. The molecule has 0 bridgehead atoms. The normalized spacial score (nSPS) is 12.3. The second kappa shape index (κ2) is 9.37. The third-order valence-electron chi connectivity index (χ3n) is 5.55. The number of hydrogen-bond acceptors (Lipinski definition) is 4. The lowest BCUT2D eigenvalue weighted by Gasteiger charge is -2.18. The van der Waals surface area contributed by atoms with Crippen molar-refractivity contribution >= 4 is 10.8 Å². The molecule has 0 saturated carbocycles. The van der Waals surface area contributed by atoms with E-state index >= 15 is 0 Å². The van der Waals surface area contributed by atoms with Gasteiger partial charge in [-0.2, -0.15) is 5.10 Å². The average Bonchev–Trinajstić information content (AvgIpc) is 2.80. The molecular formula is C27H28N2O3. The molecular weight excluding hydrogens is 400 g/mol. The number of aryl methyl sites for hydroxylation is 1. The molecule has 1 heterocycles. The van der Waals surface area contributed by atoms with Gasteiger partial charge in [0.05, 0.1) is 17.6 Å². The molecule has 0 aliphatic rings. The zero-order valence-corrected chi connectivity index (χ0v) is 18.7. The lowest BCUT2D eigenvalue weighted by molar-refractivity contribution is 0.0876. The number of rotatable bonds is 7.